The third kappa shape index (κ3) is 4.47. The number of benzene rings is 2. The van der Waals surface area contributed by atoms with E-state index >= 15 is 0 Å². The number of nitrogens with zero attached hydrogens (tertiary/aromatic N) is 2. The number of ether oxygens (including phenoxy) is 2. The molecular weight excluding hydrogens is 344 g/mol. The second-order valence-electron chi connectivity index (χ2n) is 6.05. The molecule has 3 rings (SSSR count). The Balaban J connectivity index is 1.59. The fourth-order valence-electron chi connectivity index (χ4n) is 2.67. The molecule has 2 aromatic carbocycles. The van der Waals surface area contributed by atoms with Crippen molar-refractivity contribution in [3.63, 3.8) is 0 Å². The Labute approximate surface area is 158 Å². The molecule has 1 heterocycles. The van der Waals surface area contributed by atoms with Crippen LogP contribution in [0.2, 0.25) is 0 Å². The molecular formula is C21H22N2O4. The van der Waals surface area contributed by atoms with Crippen LogP contribution < -0.4 is 9.47 Å². The molecule has 0 aliphatic heterocycles. The second kappa shape index (κ2) is 8.40. The summed E-state index contributed by atoms with van der Waals surface area (Å²) in [5.74, 6) is 1.67. The maximum absolute atomic E-state index is 12.3. The average molecular weight is 366 g/mol. The Morgan fingerprint density at radius 1 is 1.15 bits per heavy atom. The third-order valence-corrected chi connectivity index (χ3v) is 4.24. The number of hydrogen-bond acceptors (Lipinski definition) is 5. The van der Waals surface area contributed by atoms with E-state index in [1.807, 2.05) is 42.5 Å². The normalized spacial score (nSPS) is 11.1. The van der Waals surface area contributed by atoms with Crippen LogP contribution in [0.3, 0.4) is 0 Å². The number of hydrogen-bond donors (Lipinski definition) is 0. The van der Waals surface area contributed by atoms with Crippen molar-refractivity contribution >= 4 is 23.1 Å². The van der Waals surface area contributed by atoms with Crippen molar-refractivity contribution in [2.75, 3.05) is 27.8 Å². The Morgan fingerprint density at radius 2 is 1.93 bits per heavy atom. The molecule has 0 aliphatic rings. The van der Waals surface area contributed by atoms with E-state index in [2.05, 4.69) is 4.98 Å². The van der Waals surface area contributed by atoms with Crippen LogP contribution in [0, 0.1) is 0 Å². The van der Waals surface area contributed by atoms with Crippen LogP contribution >= 0.6 is 0 Å². The lowest BCUT2D eigenvalue weighted by Gasteiger charge is -2.15. The van der Waals surface area contributed by atoms with Crippen LogP contribution in [0.1, 0.15) is 11.5 Å². The number of fused-ring (bicyclic) bond motifs is 1. The topological polar surface area (TPSA) is 64.8 Å². The van der Waals surface area contributed by atoms with Gasteiger partial charge in [-0.15, -0.1) is 0 Å². The van der Waals surface area contributed by atoms with E-state index in [1.165, 1.54) is 6.08 Å². The van der Waals surface area contributed by atoms with Gasteiger partial charge in [0.15, 0.2) is 17.1 Å². The van der Waals surface area contributed by atoms with Crippen molar-refractivity contribution in [3.05, 3.63) is 60.0 Å². The maximum atomic E-state index is 12.3. The molecule has 0 radical (unpaired) electrons. The smallest absolute Gasteiger partial charge is 0.246 e. The highest BCUT2D eigenvalue weighted by Gasteiger charge is 2.09. The summed E-state index contributed by atoms with van der Waals surface area (Å²) in [6.07, 6.45) is 3.77. The molecule has 0 unspecified atom stereocenters. The zero-order valence-electron chi connectivity index (χ0n) is 15.6. The minimum Gasteiger partial charge on any atom is -0.493 e. The number of aromatic nitrogens is 1. The van der Waals surface area contributed by atoms with Gasteiger partial charge in [-0.3, -0.25) is 4.79 Å². The Morgan fingerprint density at radius 3 is 2.67 bits per heavy atom. The second-order valence-corrected chi connectivity index (χ2v) is 6.05. The average Bonchev–Trinajstić information content (AvgIpc) is 3.12. The lowest BCUT2D eigenvalue weighted by Crippen LogP contribution is -2.27. The van der Waals surface area contributed by atoms with Crippen LogP contribution in [-0.2, 0) is 11.2 Å². The molecule has 1 amide bonds. The van der Waals surface area contributed by atoms with Gasteiger partial charge in [0, 0.05) is 25.7 Å². The molecule has 0 spiro atoms. The summed E-state index contributed by atoms with van der Waals surface area (Å²) in [6.45, 7) is 0.576. The lowest BCUT2D eigenvalue weighted by atomic mass is 10.1. The SMILES string of the molecule is COc1ccc(CCN(C)C(=O)C=Cc2nc3ccccc3o2)cc1OC. The number of carbonyl (C=O) groups is 1. The number of carbonyl (C=O) groups excluding carboxylic acids is 1. The van der Waals surface area contributed by atoms with E-state index < -0.39 is 0 Å². The zero-order valence-corrected chi connectivity index (χ0v) is 15.6. The zero-order chi connectivity index (χ0) is 19.2. The Kier molecular flexibility index (Phi) is 5.76. The number of methoxy groups -OCH3 is 2. The predicted molar refractivity (Wildman–Crippen MR) is 104 cm³/mol. The van der Waals surface area contributed by atoms with Crippen LogP contribution in [0.25, 0.3) is 17.2 Å². The third-order valence-electron chi connectivity index (χ3n) is 4.24. The van der Waals surface area contributed by atoms with E-state index in [1.54, 1.807) is 32.2 Å². The lowest BCUT2D eigenvalue weighted by molar-refractivity contribution is -0.124. The van der Waals surface area contributed by atoms with Gasteiger partial charge in [-0.1, -0.05) is 18.2 Å². The largest absolute Gasteiger partial charge is 0.493 e. The van der Waals surface area contributed by atoms with Crippen LogP contribution in [0.4, 0.5) is 0 Å². The van der Waals surface area contributed by atoms with E-state index in [0.29, 0.717) is 35.9 Å². The summed E-state index contributed by atoms with van der Waals surface area (Å²) in [5, 5.41) is 0. The molecule has 0 atom stereocenters. The number of rotatable bonds is 7. The summed E-state index contributed by atoms with van der Waals surface area (Å²) in [5.41, 5.74) is 2.54. The minimum absolute atomic E-state index is 0.113. The van der Waals surface area contributed by atoms with Crippen LogP contribution in [-0.4, -0.2) is 43.6 Å². The van der Waals surface area contributed by atoms with E-state index in [4.69, 9.17) is 13.9 Å². The van der Waals surface area contributed by atoms with Gasteiger partial charge in [0.25, 0.3) is 0 Å². The van der Waals surface area contributed by atoms with Crippen LogP contribution in [0.15, 0.2) is 53.0 Å². The summed E-state index contributed by atoms with van der Waals surface area (Å²) < 4.78 is 16.1. The van der Waals surface area contributed by atoms with Crippen molar-refractivity contribution in [2.45, 2.75) is 6.42 Å². The van der Waals surface area contributed by atoms with Gasteiger partial charge in [-0.05, 0) is 36.2 Å². The Hall–Kier alpha value is -3.28. The molecule has 0 N–H and O–H groups in total. The highest BCUT2D eigenvalue weighted by molar-refractivity contribution is 5.91. The van der Waals surface area contributed by atoms with Crippen molar-refractivity contribution in [2.24, 2.45) is 0 Å². The molecule has 6 heteroatoms. The van der Waals surface area contributed by atoms with Gasteiger partial charge >= 0.3 is 0 Å². The predicted octanol–water partition coefficient (Wildman–Crippen LogP) is 3.56. The Bertz CT molecular complexity index is 929. The summed E-state index contributed by atoms with van der Waals surface area (Å²) in [4.78, 5) is 18.3. The molecule has 3 aromatic rings. The quantitative estimate of drug-likeness (QED) is 0.598. The van der Waals surface area contributed by atoms with Gasteiger partial charge in [-0.25, -0.2) is 4.98 Å². The van der Waals surface area contributed by atoms with Crippen molar-refractivity contribution in [1.29, 1.82) is 0 Å². The first-order valence-electron chi connectivity index (χ1n) is 8.60. The van der Waals surface area contributed by atoms with Gasteiger partial charge in [-0.2, -0.15) is 0 Å². The first kappa shape index (κ1) is 18.5. The van der Waals surface area contributed by atoms with Gasteiger partial charge in [0.05, 0.1) is 14.2 Å². The number of para-hydroxylation sites is 2. The molecule has 140 valence electrons. The highest BCUT2D eigenvalue weighted by atomic mass is 16.5. The highest BCUT2D eigenvalue weighted by Crippen LogP contribution is 2.27. The van der Waals surface area contributed by atoms with E-state index in [9.17, 15) is 4.79 Å². The molecule has 0 aliphatic carbocycles. The van der Waals surface area contributed by atoms with E-state index in [0.717, 1.165) is 11.1 Å². The maximum Gasteiger partial charge on any atom is 0.246 e. The van der Waals surface area contributed by atoms with Gasteiger partial charge in [0.2, 0.25) is 11.8 Å². The van der Waals surface area contributed by atoms with Crippen LogP contribution in [0.5, 0.6) is 11.5 Å². The monoisotopic (exact) mass is 366 g/mol. The van der Waals surface area contributed by atoms with Crippen molar-refractivity contribution < 1.29 is 18.7 Å². The fraction of sp³-hybridized carbons (Fsp3) is 0.238. The summed E-state index contributed by atoms with van der Waals surface area (Å²) in [7, 11) is 4.97. The van der Waals surface area contributed by atoms with Gasteiger partial charge in [0.1, 0.15) is 5.52 Å². The first-order valence-corrected chi connectivity index (χ1v) is 8.60. The number of oxazole rings is 1. The molecule has 0 bridgehead atoms. The molecule has 1 aromatic heterocycles. The number of amides is 1. The molecule has 0 saturated heterocycles. The van der Waals surface area contributed by atoms with E-state index in [-0.39, 0.29) is 5.91 Å². The van der Waals surface area contributed by atoms with Crippen molar-refractivity contribution in [3.8, 4) is 11.5 Å². The molecule has 0 fully saturated rings. The molecule has 27 heavy (non-hydrogen) atoms. The molecule has 0 saturated carbocycles. The standard InChI is InChI=1S/C21H22N2O4/c1-23(13-12-15-8-9-18(25-2)19(14-15)26-3)21(24)11-10-20-22-16-6-4-5-7-17(16)27-20/h4-11,14H,12-13H2,1-3H3. The summed E-state index contributed by atoms with van der Waals surface area (Å²) >= 11 is 0. The molecule has 6 nitrogen and oxygen atoms in total. The summed E-state index contributed by atoms with van der Waals surface area (Å²) in [6, 6.07) is 13.2. The fourth-order valence-corrected chi connectivity index (χ4v) is 2.67. The minimum atomic E-state index is -0.113. The van der Waals surface area contributed by atoms with Gasteiger partial charge < -0.3 is 18.8 Å². The first-order chi connectivity index (χ1) is 13.1. The van der Waals surface area contributed by atoms with Crippen molar-refractivity contribution in [1.82, 2.24) is 9.88 Å². The number of likely N-dealkylation sites (N-methyl/N-ethyl adjacent to an activating group) is 1.